The van der Waals surface area contributed by atoms with Crippen molar-refractivity contribution in [1.29, 1.82) is 0 Å². The van der Waals surface area contributed by atoms with Gasteiger partial charge in [-0.05, 0) is 36.4 Å². The summed E-state index contributed by atoms with van der Waals surface area (Å²) in [7, 11) is 0. The molecule has 0 spiro atoms. The molecule has 1 heterocycles. The molecule has 4 heteroatoms. The summed E-state index contributed by atoms with van der Waals surface area (Å²) in [5, 5.41) is 3.35. The van der Waals surface area contributed by atoms with Gasteiger partial charge in [0.2, 0.25) is 0 Å². The highest BCUT2D eigenvalue weighted by molar-refractivity contribution is 5.72. The monoisotopic (exact) mass is 284 g/mol. The van der Waals surface area contributed by atoms with Gasteiger partial charge in [-0.25, -0.2) is 9.37 Å². The molecule has 108 valence electrons. The van der Waals surface area contributed by atoms with E-state index in [-0.39, 0.29) is 11.9 Å². The molecule has 0 amide bonds. The third kappa shape index (κ3) is 3.11. The molecule has 3 nitrogen and oxygen atoms in total. The van der Waals surface area contributed by atoms with Gasteiger partial charge in [0.1, 0.15) is 11.3 Å². The molecule has 0 saturated heterocycles. The minimum absolute atomic E-state index is 0.0150. The van der Waals surface area contributed by atoms with E-state index in [1.165, 1.54) is 6.07 Å². The summed E-state index contributed by atoms with van der Waals surface area (Å²) in [6, 6.07) is 14.3. The van der Waals surface area contributed by atoms with E-state index < -0.39 is 0 Å². The highest BCUT2D eigenvalue weighted by Gasteiger charge is 2.15. The number of para-hydroxylation sites is 2. The Morgan fingerprint density at radius 2 is 2.05 bits per heavy atom. The molecule has 3 aromatic rings. The van der Waals surface area contributed by atoms with Gasteiger partial charge in [0.15, 0.2) is 11.5 Å². The zero-order valence-corrected chi connectivity index (χ0v) is 11.8. The predicted molar refractivity (Wildman–Crippen MR) is 80.5 cm³/mol. The predicted octanol–water partition coefficient (Wildman–Crippen LogP) is 3.86. The number of halogens is 1. The van der Waals surface area contributed by atoms with Crippen LogP contribution < -0.4 is 5.32 Å². The van der Waals surface area contributed by atoms with Crippen molar-refractivity contribution in [3.8, 4) is 0 Å². The Kier molecular flexibility index (Phi) is 3.97. The van der Waals surface area contributed by atoms with Crippen molar-refractivity contribution in [2.75, 3.05) is 6.54 Å². The molecule has 1 atom stereocenters. The Bertz CT molecular complexity index is 705. The molecule has 2 aromatic carbocycles. The Labute approximate surface area is 122 Å². The number of oxazole rings is 1. The van der Waals surface area contributed by atoms with Gasteiger partial charge in [-0.1, -0.05) is 31.2 Å². The van der Waals surface area contributed by atoms with Crippen molar-refractivity contribution in [3.63, 3.8) is 0 Å². The van der Waals surface area contributed by atoms with Crippen LogP contribution in [0.25, 0.3) is 11.1 Å². The highest BCUT2D eigenvalue weighted by Crippen LogP contribution is 2.22. The first-order valence-corrected chi connectivity index (χ1v) is 7.09. The van der Waals surface area contributed by atoms with Crippen LogP contribution in [0.15, 0.2) is 52.9 Å². The van der Waals surface area contributed by atoms with Crippen molar-refractivity contribution < 1.29 is 8.81 Å². The van der Waals surface area contributed by atoms with Crippen molar-refractivity contribution in [3.05, 3.63) is 65.8 Å². The maximum Gasteiger partial charge on any atom is 0.197 e. The summed E-state index contributed by atoms with van der Waals surface area (Å²) in [5.41, 5.74) is 2.53. The summed E-state index contributed by atoms with van der Waals surface area (Å²) < 4.78 is 19.2. The third-order valence-corrected chi connectivity index (χ3v) is 3.42. The maximum atomic E-state index is 13.4. The Hall–Kier alpha value is -2.20. The molecule has 0 aliphatic carbocycles. The van der Waals surface area contributed by atoms with Crippen LogP contribution in [0.2, 0.25) is 0 Å². The lowest BCUT2D eigenvalue weighted by atomic mass is 10.0. The van der Waals surface area contributed by atoms with Crippen LogP contribution in [0.1, 0.15) is 24.4 Å². The lowest BCUT2D eigenvalue weighted by Gasteiger charge is -2.16. The largest absolute Gasteiger partial charge is 0.441 e. The summed E-state index contributed by atoms with van der Waals surface area (Å²) in [5.74, 6) is 0.430. The van der Waals surface area contributed by atoms with Gasteiger partial charge in [0.25, 0.3) is 0 Å². The van der Waals surface area contributed by atoms with E-state index in [0.29, 0.717) is 12.3 Å². The number of benzene rings is 2. The molecule has 0 aliphatic heterocycles. The second kappa shape index (κ2) is 6.06. The second-order valence-electron chi connectivity index (χ2n) is 4.94. The molecule has 0 bridgehead atoms. The number of nitrogens with zero attached hydrogens (tertiary/aromatic N) is 1. The quantitative estimate of drug-likeness (QED) is 0.773. The summed E-state index contributed by atoms with van der Waals surface area (Å²) in [4.78, 5) is 4.48. The Morgan fingerprint density at radius 3 is 2.81 bits per heavy atom. The molecule has 0 radical (unpaired) electrons. The van der Waals surface area contributed by atoms with Crippen molar-refractivity contribution >= 4 is 11.1 Å². The summed E-state index contributed by atoms with van der Waals surface area (Å²) in [6.45, 7) is 2.82. The molecule has 1 aromatic heterocycles. The van der Waals surface area contributed by atoms with Crippen molar-refractivity contribution in [1.82, 2.24) is 10.3 Å². The number of hydrogen-bond donors (Lipinski definition) is 1. The van der Waals surface area contributed by atoms with Gasteiger partial charge in [0, 0.05) is 12.5 Å². The van der Waals surface area contributed by atoms with Crippen LogP contribution in [0, 0.1) is 5.82 Å². The number of rotatable bonds is 5. The van der Waals surface area contributed by atoms with Gasteiger partial charge in [-0.15, -0.1) is 0 Å². The van der Waals surface area contributed by atoms with Crippen LogP contribution in [-0.4, -0.2) is 11.5 Å². The van der Waals surface area contributed by atoms with Gasteiger partial charge in [-0.2, -0.15) is 0 Å². The summed E-state index contributed by atoms with van der Waals surface area (Å²) >= 11 is 0. The van der Waals surface area contributed by atoms with Crippen LogP contribution >= 0.6 is 0 Å². The molecule has 1 N–H and O–H groups in total. The van der Waals surface area contributed by atoms with Crippen molar-refractivity contribution in [2.45, 2.75) is 19.4 Å². The topological polar surface area (TPSA) is 38.1 Å². The first-order valence-electron chi connectivity index (χ1n) is 7.09. The van der Waals surface area contributed by atoms with Crippen molar-refractivity contribution in [2.24, 2.45) is 0 Å². The van der Waals surface area contributed by atoms with Crippen LogP contribution in [-0.2, 0) is 6.42 Å². The fourth-order valence-electron chi connectivity index (χ4n) is 2.46. The molecule has 0 aliphatic rings. The smallest absolute Gasteiger partial charge is 0.197 e. The number of likely N-dealkylation sites (N-methyl/N-ethyl adjacent to an activating group) is 1. The first-order chi connectivity index (χ1) is 10.3. The Balaban J connectivity index is 1.87. The maximum absolute atomic E-state index is 13.4. The van der Waals surface area contributed by atoms with E-state index in [9.17, 15) is 4.39 Å². The minimum Gasteiger partial charge on any atom is -0.441 e. The molecular formula is C17H17FN2O. The normalized spacial score (nSPS) is 12.7. The average molecular weight is 284 g/mol. The molecule has 1 unspecified atom stereocenters. The van der Waals surface area contributed by atoms with Crippen LogP contribution in [0.3, 0.4) is 0 Å². The zero-order chi connectivity index (χ0) is 14.7. The van der Waals surface area contributed by atoms with E-state index in [2.05, 4.69) is 10.3 Å². The second-order valence-corrected chi connectivity index (χ2v) is 4.94. The van der Waals surface area contributed by atoms with E-state index in [4.69, 9.17) is 4.42 Å². The highest BCUT2D eigenvalue weighted by atomic mass is 19.1. The fourth-order valence-corrected chi connectivity index (χ4v) is 2.46. The first kappa shape index (κ1) is 13.8. The SMILES string of the molecule is CCNC(Cc1nc2ccccc2o1)c1cccc(F)c1. The van der Waals surface area contributed by atoms with Crippen LogP contribution in [0.4, 0.5) is 4.39 Å². The van der Waals surface area contributed by atoms with Gasteiger partial charge < -0.3 is 9.73 Å². The molecule has 21 heavy (non-hydrogen) atoms. The third-order valence-electron chi connectivity index (χ3n) is 3.42. The Morgan fingerprint density at radius 1 is 1.19 bits per heavy atom. The van der Waals surface area contributed by atoms with E-state index in [1.54, 1.807) is 12.1 Å². The molecule has 0 saturated carbocycles. The van der Waals surface area contributed by atoms with Crippen LogP contribution in [0.5, 0.6) is 0 Å². The van der Waals surface area contributed by atoms with Gasteiger partial charge in [-0.3, -0.25) is 0 Å². The number of hydrogen-bond acceptors (Lipinski definition) is 3. The average Bonchev–Trinajstić information content (AvgIpc) is 2.89. The van der Waals surface area contributed by atoms with E-state index in [1.807, 2.05) is 37.3 Å². The fraction of sp³-hybridized carbons (Fsp3) is 0.235. The minimum atomic E-state index is -0.229. The lowest BCUT2D eigenvalue weighted by molar-refractivity contribution is 0.459. The lowest BCUT2D eigenvalue weighted by Crippen LogP contribution is -2.23. The summed E-state index contributed by atoms with van der Waals surface area (Å²) in [6.07, 6.45) is 0.589. The molecular weight excluding hydrogens is 267 g/mol. The number of nitrogens with one attached hydrogen (secondary N) is 1. The molecule has 3 rings (SSSR count). The zero-order valence-electron chi connectivity index (χ0n) is 11.8. The van der Waals surface area contributed by atoms with Gasteiger partial charge in [0.05, 0.1) is 0 Å². The standard InChI is InChI=1S/C17H17FN2O/c1-2-19-15(12-6-5-7-13(18)10-12)11-17-20-14-8-3-4-9-16(14)21-17/h3-10,15,19H,2,11H2,1H3. The van der Waals surface area contributed by atoms with E-state index >= 15 is 0 Å². The van der Waals surface area contributed by atoms with Gasteiger partial charge >= 0.3 is 0 Å². The molecule has 0 fully saturated rings. The number of fused-ring (bicyclic) bond motifs is 1. The number of aromatic nitrogens is 1. The van der Waals surface area contributed by atoms with E-state index in [0.717, 1.165) is 23.2 Å².